The minimum absolute atomic E-state index is 0.0983. The molecule has 0 aliphatic carbocycles. The second kappa shape index (κ2) is 3.05. The highest BCUT2D eigenvalue weighted by molar-refractivity contribution is 5.92. The maximum atomic E-state index is 9.42. The summed E-state index contributed by atoms with van der Waals surface area (Å²) < 4.78 is 0. The monoisotopic (exact) mass is 176 g/mol. The molecule has 0 unspecified atom stereocenters. The molecule has 0 saturated carbocycles. The van der Waals surface area contributed by atoms with Gasteiger partial charge in [0, 0.05) is 5.39 Å². The molecule has 0 heterocycles. The quantitative estimate of drug-likeness (QED) is 0.346. The Bertz CT molecular complexity index is 440. The molecular weight excluding hydrogens is 166 g/mol. The lowest BCUT2D eigenvalue weighted by molar-refractivity contribution is -0.825. The Morgan fingerprint density at radius 2 is 1.77 bits per heavy atom. The van der Waals surface area contributed by atoms with Gasteiger partial charge in [0.15, 0.2) is 5.75 Å². The van der Waals surface area contributed by atoms with E-state index in [1.165, 1.54) is 0 Å². The first-order valence-corrected chi connectivity index (χ1v) is 4.01. The Labute approximate surface area is 75.2 Å². The van der Waals surface area contributed by atoms with E-state index in [0.29, 0.717) is 5.69 Å². The average molecular weight is 176 g/mol. The number of rotatable bonds is 1. The van der Waals surface area contributed by atoms with Gasteiger partial charge in [0.2, 0.25) is 5.69 Å². The Kier molecular flexibility index (Phi) is 1.88. The number of nitrogens with two attached hydrogens (primary N) is 1. The van der Waals surface area contributed by atoms with Crippen LogP contribution in [-0.2, 0) is 0 Å². The Balaban J connectivity index is 2.84. The summed E-state index contributed by atoms with van der Waals surface area (Å²) in [6, 6.07) is 11.0. The smallest absolute Gasteiger partial charge is 0.211 e. The van der Waals surface area contributed by atoms with E-state index < -0.39 is 0 Å². The fourth-order valence-electron chi connectivity index (χ4n) is 1.42. The van der Waals surface area contributed by atoms with Crippen molar-refractivity contribution < 1.29 is 15.8 Å². The van der Waals surface area contributed by atoms with E-state index in [4.69, 9.17) is 5.21 Å². The zero-order valence-corrected chi connectivity index (χ0v) is 6.94. The topological polar surface area (TPSA) is 57.1 Å². The number of phenolic OH excluding ortho intramolecular Hbond substituents is 1. The van der Waals surface area contributed by atoms with Crippen LogP contribution >= 0.6 is 0 Å². The first-order chi connectivity index (χ1) is 6.33. The number of benzene rings is 2. The highest BCUT2D eigenvalue weighted by Crippen LogP contribution is 2.27. The Hall–Kier alpha value is -1.58. The maximum Gasteiger partial charge on any atom is 0.211 e. The van der Waals surface area contributed by atoms with Crippen molar-refractivity contribution in [1.82, 2.24) is 0 Å². The third kappa shape index (κ3) is 1.24. The maximum absolute atomic E-state index is 9.42. The summed E-state index contributed by atoms with van der Waals surface area (Å²) in [5.41, 5.74) is 1.40. The minimum Gasteiger partial charge on any atom is -0.503 e. The van der Waals surface area contributed by atoms with Crippen molar-refractivity contribution in [3.63, 3.8) is 0 Å². The van der Waals surface area contributed by atoms with E-state index in [-0.39, 0.29) is 5.75 Å². The van der Waals surface area contributed by atoms with E-state index in [1.807, 2.05) is 30.3 Å². The lowest BCUT2D eigenvalue weighted by Crippen LogP contribution is -2.73. The second-order valence-electron chi connectivity index (χ2n) is 2.85. The molecule has 0 radical (unpaired) electrons. The number of hydrogen-bond donors (Lipinski definition) is 3. The third-order valence-corrected chi connectivity index (χ3v) is 2.08. The summed E-state index contributed by atoms with van der Waals surface area (Å²) in [4.78, 5) is 0. The van der Waals surface area contributed by atoms with Crippen LogP contribution in [0.2, 0.25) is 0 Å². The third-order valence-electron chi connectivity index (χ3n) is 2.08. The molecule has 13 heavy (non-hydrogen) atoms. The van der Waals surface area contributed by atoms with Gasteiger partial charge in [-0.1, -0.05) is 24.3 Å². The standard InChI is InChI=1S/C10H9NO2/c12-9-6-5-7-3-1-2-4-8(7)10(9)11-13/h1-6,11-13H/p+1. The van der Waals surface area contributed by atoms with Crippen molar-refractivity contribution in [3.8, 4) is 5.75 Å². The lowest BCUT2D eigenvalue weighted by atomic mass is 10.1. The molecule has 0 amide bonds. The second-order valence-corrected chi connectivity index (χ2v) is 2.85. The summed E-state index contributed by atoms with van der Waals surface area (Å²) in [5.74, 6) is 0.0983. The van der Waals surface area contributed by atoms with Crippen molar-refractivity contribution in [2.24, 2.45) is 0 Å². The molecule has 0 fully saturated rings. The average Bonchev–Trinajstić information content (AvgIpc) is 2.18. The van der Waals surface area contributed by atoms with E-state index >= 15 is 0 Å². The Morgan fingerprint density at radius 3 is 2.54 bits per heavy atom. The highest BCUT2D eigenvalue weighted by atomic mass is 16.5. The summed E-state index contributed by atoms with van der Waals surface area (Å²) in [6.45, 7) is 0. The lowest BCUT2D eigenvalue weighted by Gasteiger charge is -2.01. The van der Waals surface area contributed by atoms with E-state index in [2.05, 4.69) is 0 Å². The molecule has 3 heteroatoms. The molecule has 0 aromatic heterocycles. The summed E-state index contributed by atoms with van der Waals surface area (Å²) in [7, 11) is 0. The van der Waals surface area contributed by atoms with Crippen molar-refractivity contribution in [2.75, 3.05) is 0 Å². The number of phenols is 1. The first-order valence-electron chi connectivity index (χ1n) is 4.01. The van der Waals surface area contributed by atoms with Crippen LogP contribution in [0.15, 0.2) is 36.4 Å². The molecule has 4 N–H and O–H groups in total. The normalized spacial score (nSPS) is 10.5. The van der Waals surface area contributed by atoms with Gasteiger partial charge in [0.25, 0.3) is 0 Å². The zero-order chi connectivity index (χ0) is 9.26. The van der Waals surface area contributed by atoms with Crippen molar-refractivity contribution in [2.45, 2.75) is 0 Å². The zero-order valence-electron chi connectivity index (χ0n) is 6.94. The van der Waals surface area contributed by atoms with Crippen molar-refractivity contribution in [1.29, 1.82) is 0 Å². The molecule has 2 rings (SSSR count). The molecule has 66 valence electrons. The molecule has 0 aliphatic heterocycles. The Morgan fingerprint density at radius 1 is 1.00 bits per heavy atom. The molecule has 0 spiro atoms. The highest BCUT2D eigenvalue weighted by Gasteiger charge is 2.08. The van der Waals surface area contributed by atoms with Gasteiger partial charge in [0.05, 0.1) is 0 Å². The molecule has 2 aromatic carbocycles. The molecule has 0 saturated heterocycles. The van der Waals surface area contributed by atoms with Crippen LogP contribution in [0.4, 0.5) is 5.69 Å². The van der Waals surface area contributed by atoms with Gasteiger partial charge in [-0.3, -0.25) is 0 Å². The number of quaternary nitrogens is 1. The van der Waals surface area contributed by atoms with Gasteiger partial charge in [-0.05, 0) is 17.5 Å². The van der Waals surface area contributed by atoms with Gasteiger partial charge < -0.3 is 5.11 Å². The molecule has 0 atom stereocenters. The van der Waals surface area contributed by atoms with Crippen LogP contribution in [-0.4, -0.2) is 10.3 Å². The first kappa shape index (κ1) is 8.04. The van der Waals surface area contributed by atoms with E-state index in [0.717, 1.165) is 16.3 Å². The van der Waals surface area contributed by atoms with Crippen LogP contribution in [0.1, 0.15) is 0 Å². The van der Waals surface area contributed by atoms with Crippen LogP contribution in [0, 0.1) is 0 Å². The fraction of sp³-hybridized carbons (Fsp3) is 0. The SMILES string of the molecule is O[NH2+]c1c(O)ccc2ccccc12. The number of aromatic hydroxyl groups is 1. The minimum atomic E-state index is 0.0983. The van der Waals surface area contributed by atoms with Crippen LogP contribution in [0.5, 0.6) is 5.75 Å². The number of hydrogen-bond acceptors (Lipinski definition) is 2. The molecule has 2 aromatic rings. The van der Waals surface area contributed by atoms with Gasteiger partial charge >= 0.3 is 0 Å². The molecule has 0 aliphatic rings. The van der Waals surface area contributed by atoms with Crippen LogP contribution < -0.4 is 5.48 Å². The molecule has 3 nitrogen and oxygen atoms in total. The molecule has 0 bridgehead atoms. The summed E-state index contributed by atoms with van der Waals surface area (Å²) >= 11 is 0. The van der Waals surface area contributed by atoms with Gasteiger partial charge in [0.1, 0.15) is 0 Å². The number of fused-ring (bicyclic) bond motifs is 1. The largest absolute Gasteiger partial charge is 0.503 e. The van der Waals surface area contributed by atoms with Crippen molar-refractivity contribution >= 4 is 16.5 Å². The van der Waals surface area contributed by atoms with Crippen LogP contribution in [0.25, 0.3) is 10.8 Å². The van der Waals surface area contributed by atoms with Gasteiger partial charge in [-0.25, -0.2) is 5.21 Å². The fourth-order valence-corrected chi connectivity index (χ4v) is 1.42. The predicted molar refractivity (Wildman–Crippen MR) is 49.0 cm³/mol. The summed E-state index contributed by atoms with van der Waals surface area (Å²) in [5, 5.41) is 20.2. The van der Waals surface area contributed by atoms with Crippen molar-refractivity contribution in [3.05, 3.63) is 36.4 Å². The summed E-state index contributed by atoms with van der Waals surface area (Å²) in [6.07, 6.45) is 0. The molecular formula is C10H10NO2+. The van der Waals surface area contributed by atoms with E-state index in [9.17, 15) is 5.11 Å². The van der Waals surface area contributed by atoms with Crippen LogP contribution in [0.3, 0.4) is 0 Å². The van der Waals surface area contributed by atoms with E-state index in [1.54, 1.807) is 6.07 Å². The van der Waals surface area contributed by atoms with Gasteiger partial charge in [-0.15, -0.1) is 0 Å². The van der Waals surface area contributed by atoms with Gasteiger partial charge in [-0.2, -0.15) is 5.48 Å². The predicted octanol–water partition coefficient (Wildman–Crippen LogP) is 1.13.